The molecule has 2 N–H and O–H groups in total. The van der Waals surface area contributed by atoms with Gasteiger partial charge in [-0.2, -0.15) is 0 Å². The predicted molar refractivity (Wildman–Crippen MR) is 95.6 cm³/mol. The van der Waals surface area contributed by atoms with Crippen LogP contribution in [0.1, 0.15) is 35.9 Å². The summed E-state index contributed by atoms with van der Waals surface area (Å²) in [7, 11) is 0. The van der Waals surface area contributed by atoms with Crippen LogP contribution in [0.15, 0.2) is 54.9 Å². The Morgan fingerprint density at radius 3 is 2.68 bits per heavy atom. The van der Waals surface area contributed by atoms with Crippen molar-refractivity contribution in [3.8, 4) is 5.69 Å². The zero-order chi connectivity index (χ0) is 17.6. The van der Waals surface area contributed by atoms with Gasteiger partial charge in [0.25, 0.3) is 5.91 Å². The second kappa shape index (κ2) is 7.57. The van der Waals surface area contributed by atoms with E-state index in [1.807, 2.05) is 50.4 Å². The van der Waals surface area contributed by atoms with E-state index >= 15 is 0 Å². The maximum atomic E-state index is 11.7. The summed E-state index contributed by atoms with van der Waals surface area (Å²) in [6.45, 7) is 4.46. The standard InChI is InChI=1S/C18H20N6O/c1-3-19-18(25)14-9-10-17(20-11-14)21-13(2)16-12-24(23-22-16)15-7-5-4-6-8-15/h4-13H,3H2,1-2H3,(H,19,25)(H,20,21). The molecule has 3 aromatic rings. The van der Waals surface area contributed by atoms with Gasteiger partial charge in [-0.1, -0.05) is 23.4 Å². The number of carbonyl (C=O) groups excluding carboxylic acids is 1. The molecule has 2 aromatic heterocycles. The van der Waals surface area contributed by atoms with Crippen molar-refractivity contribution in [2.24, 2.45) is 0 Å². The van der Waals surface area contributed by atoms with Gasteiger partial charge in [0.05, 0.1) is 23.5 Å². The lowest BCUT2D eigenvalue weighted by atomic mass is 10.2. The number of rotatable bonds is 6. The molecule has 1 atom stereocenters. The van der Waals surface area contributed by atoms with Crippen molar-refractivity contribution >= 4 is 11.7 Å². The molecule has 0 bridgehead atoms. The predicted octanol–water partition coefficient (Wildman–Crippen LogP) is 2.59. The Kier molecular flexibility index (Phi) is 5.03. The third kappa shape index (κ3) is 4.00. The monoisotopic (exact) mass is 336 g/mol. The highest BCUT2D eigenvalue weighted by Gasteiger charge is 2.12. The van der Waals surface area contributed by atoms with Crippen molar-refractivity contribution in [3.05, 3.63) is 66.1 Å². The minimum absolute atomic E-state index is 0.0692. The van der Waals surface area contributed by atoms with E-state index in [0.717, 1.165) is 11.4 Å². The second-order valence-electron chi connectivity index (χ2n) is 5.58. The first-order valence-electron chi connectivity index (χ1n) is 8.16. The molecule has 0 radical (unpaired) electrons. The Labute approximate surface area is 146 Å². The lowest BCUT2D eigenvalue weighted by Gasteiger charge is -2.12. The molecule has 0 saturated carbocycles. The van der Waals surface area contributed by atoms with Gasteiger partial charge in [0, 0.05) is 12.7 Å². The lowest BCUT2D eigenvalue weighted by Crippen LogP contribution is -2.22. The van der Waals surface area contributed by atoms with Gasteiger partial charge in [-0.15, -0.1) is 5.10 Å². The molecule has 1 amide bonds. The number of anilines is 1. The molecule has 7 heteroatoms. The molecular weight excluding hydrogens is 316 g/mol. The summed E-state index contributed by atoms with van der Waals surface area (Å²) in [5.74, 6) is 0.551. The highest BCUT2D eigenvalue weighted by molar-refractivity contribution is 5.93. The first kappa shape index (κ1) is 16.6. The number of hydrogen-bond donors (Lipinski definition) is 2. The number of amides is 1. The summed E-state index contributed by atoms with van der Waals surface area (Å²) < 4.78 is 1.74. The minimum atomic E-state index is -0.125. The molecule has 128 valence electrons. The summed E-state index contributed by atoms with van der Waals surface area (Å²) in [6.07, 6.45) is 3.44. The fraction of sp³-hybridized carbons (Fsp3) is 0.222. The molecule has 1 aromatic carbocycles. The van der Waals surface area contributed by atoms with Crippen molar-refractivity contribution in [1.82, 2.24) is 25.3 Å². The summed E-state index contributed by atoms with van der Waals surface area (Å²) in [4.78, 5) is 16.0. The topological polar surface area (TPSA) is 84.7 Å². The zero-order valence-electron chi connectivity index (χ0n) is 14.2. The quantitative estimate of drug-likeness (QED) is 0.723. The Morgan fingerprint density at radius 2 is 2.00 bits per heavy atom. The molecule has 3 rings (SSSR count). The maximum absolute atomic E-state index is 11.7. The third-order valence-corrected chi connectivity index (χ3v) is 3.70. The summed E-state index contributed by atoms with van der Waals surface area (Å²) >= 11 is 0. The molecule has 0 saturated heterocycles. The molecule has 1 unspecified atom stereocenters. The molecule has 2 heterocycles. The van der Waals surface area contributed by atoms with Crippen molar-refractivity contribution in [2.45, 2.75) is 19.9 Å². The van der Waals surface area contributed by atoms with Crippen LogP contribution in [0.3, 0.4) is 0 Å². The first-order valence-corrected chi connectivity index (χ1v) is 8.16. The molecule has 0 aliphatic carbocycles. The van der Waals surface area contributed by atoms with Crippen molar-refractivity contribution in [1.29, 1.82) is 0 Å². The normalized spacial score (nSPS) is 11.8. The number of pyridine rings is 1. The third-order valence-electron chi connectivity index (χ3n) is 3.70. The molecule has 25 heavy (non-hydrogen) atoms. The summed E-state index contributed by atoms with van der Waals surface area (Å²) in [5, 5.41) is 14.4. The first-order chi connectivity index (χ1) is 12.2. The molecule has 7 nitrogen and oxygen atoms in total. The van der Waals surface area contributed by atoms with Gasteiger partial charge in [0.1, 0.15) is 11.5 Å². The van der Waals surface area contributed by atoms with E-state index in [-0.39, 0.29) is 11.9 Å². The zero-order valence-corrected chi connectivity index (χ0v) is 14.2. The number of hydrogen-bond acceptors (Lipinski definition) is 5. The van der Waals surface area contributed by atoms with Crippen molar-refractivity contribution in [3.63, 3.8) is 0 Å². The van der Waals surface area contributed by atoms with Crippen LogP contribution < -0.4 is 10.6 Å². The molecule has 0 fully saturated rings. The highest BCUT2D eigenvalue weighted by atomic mass is 16.1. The fourth-order valence-electron chi connectivity index (χ4n) is 2.35. The largest absolute Gasteiger partial charge is 0.362 e. The highest BCUT2D eigenvalue weighted by Crippen LogP contribution is 2.17. The van der Waals surface area contributed by atoms with Crippen LogP contribution in [-0.4, -0.2) is 32.4 Å². The number of carbonyl (C=O) groups is 1. The van der Waals surface area contributed by atoms with E-state index in [9.17, 15) is 4.79 Å². The Hall–Kier alpha value is -3.22. The summed E-state index contributed by atoms with van der Waals surface area (Å²) in [6, 6.07) is 13.3. The van der Waals surface area contributed by atoms with Gasteiger partial charge in [0.2, 0.25) is 0 Å². The Balaban J connectivity index is 1.67. The minimum Gasteiger partial charge on any atom is -0.362 e. The van der Waals surface area contributed by atoms with Crippen LogP contribution in [0.4, 0.5) is 5.82 Å². The van der Waals surface area contributed by atoms with Crippen LogP contribution in [-0.2, 0) is 0 Å². The molecule has 0 aliphatic rings. The van der Waals surface area contributed by atoms with Crippen LogP contribution in [0.25, 0.3) is 5.69 Å². The molecule has 0 aliphatic heterocycles. The number of benzene rings is 1. The number of nitrogens with one attached hydrogen (secondary N) is 2. The Bertz CT molecular complexity index is 828. The van der Waals surface area contributed by atoms with Crippen LogP contribution in [0.5, 0.6) is 0 Å². The number of aromatic nitrogens is 4. The van der Waals surface area contributed by atoms with Crippen molar-refractivity contribution < 1.29 is 4.79 Å². The van der Waals surface area contributed by atoms with Crippen LogP contribution in [0, 0.1) is 0 Å². The van der Waals surface area contributed by atoms with E-state index in [0.29, 0.717) is 17.9 Å². The molecular formula is C18H20N6O. The van der Waals surface area contributed by atoms with Gasteiger partial charge < -0.3 is 10.6 Å². The van der Waals surface area contributed by atoms with E-state index < -0.39 is 0 Å². The van der Waals surface area contributed by atoms with Gasteiger partial charge in [-0.05, 0) is 38.1 Å². The fourth-order valence-corrected chi connectivity index (χ4v) is 2.35. The maximum Gasteiger partial charge on any atom is 0.252 e. The van der Waals surface area contributed by atoms with E-state index in [4.69, 9.17) is 0 Å². The number of nitrogens with zero attached hydrogens (tertiary/aromatic N) is 4. The molecule has 0 spiro atoms. The van der Waals surface area contributed by atoms with Gasteiger partial charge in [-0.3, -0.25) is 4.79 Å². The van der Waals surface area contributed by atoms with E-state index in [1.54, 1.807) is 23.0 Å². The van der Waals surface area contributed by atoms with Gasteiger partial charge in [-0.25, -0.2) is 9.67 Å². The SMILES string of the molecule is CCNC(=O)c1ccc(NC(C)c2cn(-c3ccccc3)nn2)nc1. The average molecular weight is 336 g/mol. The number of para-hydroxylation sites is 1. The van der Waals surface area contributed by atoms with Crippen molar-refractivity contribution in [2.75, 3.05) is 11.9 Å². The van der Waals surface area contributed by atoms with Crippen LogP contribution >= 0.6 is 0 Å². The van der Waals surface area contributed by atoms with Gasteiger partial charge >= 0.3 is 0 Å². The van der Waals surface area contributed by atoms with E-state index in [1.165, 1.54) is 0 Å². The van der Waals surface area contributed by atoms with Gasteiger partial charge in [0.15, 0.2) is 0 Å². The van der Waals surface area contributed by atoms with E-state index in [2.05, 4.69) is 25.9 Å². The average Bonchev–Trinajstić information content (AvgIpc) is 3.13. The smallest absolute Gasteiger partial charge is 0.252 e. The second-order valence-corrected chi connectivity index (χ2v) is 5.58. The Morgan fingerprint density at radius 1 is 1.20 bits per heavy atom. The van der Waals surface area contributed by atoms with Crippen LogP contribution in [0.2, 0.25) is 0 Å². The summed E-state index contributed by atoms with van der Waals surface area (Å²) in [5.41, 5.74) is 2.30. The lowest BCUT2D eigenvalue weighted by molar-refractivity contribution is 0.0955.